The molecule has 1 amide bonds. The Morgan fingerprint density at radius 3 is 2.80 bits per heavy atom. The maximum atomic E-state index is 11.8. The Kier molecular flexibility index (Phi) is 4.56. The van der Waals surface area contributed by atoms with Crippen LogP contribution in [0.1, 0.15) is 24.0 Å². The molecular formula is C16H19NO3. The number of aliphatic carboxylic acids is 1. The van der Waals surface area contributed by atoms with E-state index in [2.05, 4.69) is 11.4 Å². The molecule has 0 spiro atoms. The summed E-state index contributed by atoms with van der Waals surface area (Å²) in [4.78, 5) is 22.7. The first-order valence-electron chi connectivity index (χ1n) is 6.80. The average Bonchev–Trinajstić information content (AvgIpc) is 2.85. The normalized spacial score (nSPS) is 20.9. The van der Waals surface area contributed by atoms with E-state index in [0.29, 0.717) is 19.3 Å². The number of nitrogens with one attached hydrogen (secondary N) is 1. The Hall–Kier alpha value is -2.10. The zero-order valence-electron chi connectivity index (χ0n) is 11.5. The van der Waals surface area contributed by atoms with Gasteiger partial charge in [0.1, 0.15) is 0 Å². The first-order valence-corrected chi connectivity index (χ1v) is 6.80. The smallest absolute Gasteiger partial charge is 0.310 e. The average molecular weight is 273 g/mol. The molecule has 4 nitrogen and oxygen atoms in total. The Morgan fingerprint density at radius 2 is 2.15 bits per heavy atom. The molecular weight excluding hydrogens is 254 g/mol. The van der Waals surface area contributed by atoms with Crippen molar-refractivity contribution in [3.05, 3.63) is 47.5 Å². The summed E-state index contributed by atoms with van der Waals surface area (Å²) in [5.74, 6) is -1.35. The SMILES string of the molecule is Cc1cccc(CCC(=O)NC2C=CC(C(=O)O)C2)c1. The number of carboxylic acids is 1. The number of carboxylic acid groups (broad SMARTS) is 1. The molecule has 1 aliphatic carbocycles. The zero-order valence-corrected chi connectivity index (χ0v) is 11.5. The van der Waals surface area contributed by atoms with Gasteiger partial charge in [-0.15, -0.1) is 0 Å². The van der Waals surface area contributed by atoms with Gasteiger partial charge in [-0.2, -0.15) is 0 Å². The second kappa shape index (κ2) is 6.37. The van der Waals surface area contributed by atoms with Crippen LogP contribution in [0.25, 0.3) is 0 Å². The summed E-state index contributed by atoms with van der Waals surface area (Å²) in [7, 11) is 0. The summed E-state index contributed by atoms with van der Waals surface area (Å²) >= 11 is 0. The quantitative estimate of drug-likeness (QED) is 0.807. The third-order valence-corrected chi connectivity index (χ3v) is 3.47. The largest absolute Gasteiger partial charge is 0.481 e. The van der Waals surface area contributed by atoms with Crippen LogP contribution in [-0.2, 0) is 16.0 Å². The number of hydrogen-bond acceptors (Lipinski definition) is 2. The lowest BCUT2D eigenvalue weighted by Crippen LogP contribution is -2.33. The van der Waals surface area contributed by atoms with Crippen molar-refractivity contribution in [1.29, 1.82) is 0 Å². The van der Waals surface area contributed by atoms with Gasteiger partial charge in [0.2, 0.25) is 5.91 Å². The first-order chi connectivity index (χ1) is 9.54. The lowest BCUT2D eigenvalue weighted by atomic mass is 10.1. The first kappa shape index (κ1) is 14.3. The van der Waals surface area contributed by atoms with Gasteiger partial charge >= 0.3 is 5.97 Å². The minimum absolute atomic E-state index is 0.0350. The van der Waals surface area contributed by atoms with Gasteiger partial charge < -0.3 is 10.4 Å². The summed E-state index contributed by atoms with van der Waals surface area (Å²) in [6.45, 7) is 2.03. The maximum absolute atomic E-state index is 11.8. The van der Waals surface area contributed by atoms with E-state index in [9.17, 15) is 9.59 Å². The van der Waals surface area contributed by atoms with E-state index in [1.807, 2.05) is 25.1 Å². The second-order valence-corrected chi connectivity index (χ2v) is 5.23. The van der Waals surface area contributed by atoms with E-state index < -0.39 is 11.9 Å². The number of hydrogen-bond donors (Lipinski definition) is 2. The van der Waals surface area contributed by atoms with Crippen LogP contribution >= 0.6 is 0 Å². The number of rotatable bonds is 5. The Labute approximate surface area is 118 Å². The highest BCUT2D eigenvalue weighted by atomic mass is 16.4. The summed E-state index contributed by atoms with van der Waals surface area (Å²) in [5, 5.41) is 11.7. The number of carbonyl (C=O) groups excluding carboxylic acids is 1. The molecule has 2 rings (SSSR count). The lowest BCUT2D eigenvalue weighted by molar-refractivity contribution is -0.140. The van der Waals surface area contributed by atoms with Crippen molar-refractivity contribution >= 4 is 11.9 Å². The molecule has 0 saturated carbocycles. The van der Waals surface area contributed by atoms with Crippen molar-refractivity contribution in [1.82, 2.24) is 5.32 Å². The highest BCUT2D eigenvalue weighted by Crippen LogP contribution is 2.18. The molecule has 1 aliphatic rings. The van der Waals surface area contributed by atoms with Gasteiger partial charge in [0.25, 0.3) is 0 Å². The fraction of sp³-hybridized carbons (Fsp3) is 0.375. The summed E-state index contributed by atoms with van der Waals surface area (Å²) in [5.41, 5.74) is 2.33. The fourth-order valence-electron chi connectivity index (χ4n) is 2.39. The molecule has 0 bridgehead atoms. The minimum atomic E-state index is -0.835. The van der Waals surface area contributed by atoms with E-state index in [1.165, 1.54) is 5.56 Å². The number of amides is 1. The van der Waals surface area contributed by atoms with E-state index in [4.69, 9.17) is 5.11 Å². The molecule has 0 fully saturated rings. The monoisotopic (exact) mass is 273 g/mol. The molecule has 0 saturated heterocycles. The van der Waals surface area contributed by atoms with Crippen LogP contribution in [0.3, 0.4) is 0 Å². The second-order valence-electron chi connectivity index (χ2n) is 5.23. The van der Waals surface area contributed by atoms with Crippen LogP contribution in [0.5, 0.6) is 0 Å². The van der Waals surface area contributed by atoms with Gasteiger partial charge in [0.15, 0.2) is 0 Å². The van der Waals surface area contributed by atoms with Crippen LogP contribution in [0.2, 0.25) is 0 Å². The molecule has 1 aromatic carbocycles. The van der Waals surface area contributed by atoms with Gasteiger partial charge in [-0.3, -0.25) is 9.59 Å². The maximum Gasteiger partial charge on any atom is 0.310 e. The molecule has 106 valence electrons. The molecule has 4 heteroatoms. The Morgan fingerprint density at radius 1 is 1.35 bits per heavy atom. The number of aryl methyl sites for hydroxylation is 2. The topological polar surface area (TPSA) is 66.4 Å². The van der Waals surface area contributed by atoms with Gasteiger partial charge in [0, 0.05) is 12.5 Å². The van der Waals surface area contributed by atoms with Crippen molar-refractivity contribution in [2.24, 2.45) is 5.92 Å². The predicted octanol–water partition coefficient (Wildman–Crippen LogP) is 2.07. The molecule has 2 N–H and O–H groups in total. The minimum Gasteiger partial charge on any atom is -0.481 e. The van der Waals surface area contributed by atoms with Gasteiger partial charge in [-0.05, 0) is 25.3 Å². The Balaban J connectivity index is 1.77. The van der Waals surface area contributed by atoms with Crippen molar-refractivity contribution in [2.75, 3.05) is 0 Å². The lowest BCUT2D eigenvalue weighted by Gasteiger charge is -2.12. The third-order valence-electron chi connectivity index (χ3n) is 3.47. The van der Waals surface area contributed by atoms with Crippen molar-refractivity contribution < 1.29 is 14.7 Å². The number of carbonyl (C=O) groups is 2. The van der Waals surface area contributed by atoms with Crippen molar-refractivity contribution in [2.45, 2.75) is 32.2 Å². The van der Waals surface area contributed by atoms with Gasteiger partial charge in [-0.1, -0.05) is 42.0 Å². The zero-order chi connectivity index (χ0) is 14.5. The standard InChI is InChI=1S/C16H19NO3/c1-11-3-2-4-12(9-11)5-8-15(18)17-14-7-6-13(10-14)16(19)20/h2-4,6-7,9,13-14H,5,8,10H2,1H3,(H,17,18)(H,19,20). The molecule has 20 heavy (non-hydrogen) atoms. The van der Waals surface area contributed by atoms with E-state index in [0.717, 1.165) is 5.56 Å². The number of benzene rings is 1. The Bertz CT molecular complexity index is 536. The molecule has 0 radical (unpaired) electrons. The van der Waals surface area contributed by atoms with E-state index >= 15 is 0 Å². The highest BCUT2D eigenvalue weighted by molar-refractivity contribution is 5.78. The highest BCUT2D eigenvalue weighted by Gasteiger charge is 2.25. The molecule has 2 unspecified atom stereocenters. The van der Waals surface area contributed by atoms with Crippen LogP contribution < -0.4 is 5.32 Å². The fourth-order valence-corrected chi connectivity index (χ4v) is 2.39. The third kappa shape index (κ3) is 3.95. The molecule has 0 heterocycles. The van der Waals surface area contributed by atoms with E-state index in [1.54, 1.807) is 12.2 Å². The van der Waals surface area contributed by atoms with Gasteiger partial charge in [-0.25, -0.2) is 0 Å². The van der Waals surface area contributed by atoms with E-state index in [-0.39, 0.29) is 11.9 Å². The van der Waals surface area contributed by atoms with Crippen LogP contribution in [-0.4, -0.2) is 23.0 Å². The summed E-state index contributed by atoms with van der Waals surface area (Å²) in [6.07, 6.45) is 4.99. The molecule has 0 aromatic heterocycles. The van der Waals surface area contributed by atoms with Crippen LogP contribution in [0.15, 0.2) is 36.4 Å². The summed E-state index contributed by atoms with van der Waals surface area (Å²) in [6, 6.07) is 7.94. The van der Waals surface area contributed by atoms with Crippen molar-refractivity contribution in [3.8, 4) is 0 Å². The summed E-state index contributed by atoms with van der Waals surface area (Å²) < 4.78 is 0. The molecule has 1 aromatic rings. The molecule has 2 atom stereocenters. The van der Waals surface area contributed by atoms with Crippen molar-refractivity contribution in [3.63, 3.8) is 0 Å². The van der Waals surface area contributed by atoms with Crippen LogP contribution in [0, 0.1) is 12.8 Å². The van der Waals surface area contributed by atoms with Gasteiger partial charge in [0.05, 0.1) is 5.92 Å². The van der Waals surface area contributed by atoms with Crippen LogP contribution in [0.4, 0.5) is 0 Å². The predicted molar refractivity (Wildman–Crippen MR) is 76.3 cm³/mol. The molecule has 0 aliphatic heterocycles.